The highest BCUT2D eigenvalue weighted by atomic mass is 32.2. The number of imidazole rings is 1. The molecule has 1 aromatic heterocycles. The van der Waals surface area contributed by atoms with Crippen LogP contribution in [-0.2, 0) is 17.1 Å². The number of rotatable bonds is 5. The summed E-state index contributed by atoms with van der Waals surface area (Å²) in [6.07, 6.45) is 3.61. The van der Waals surface area contributed by atoms with Crippen molar-refractivity contribution in [2.45, 2.75) is 40.6 Å². The quantitative estimate of drug-likeness (QED) is 0.430. The minimum Gasteiger partial charge on any atom is -0.322 e. The van der Waals surface area contributed by atoms with E-state index in [1.54, 1.807) is 0 Å². The first kappa shape index (κ1) is 20.8. The maximum absolute atomic E-state index is 13.0. The molecule has 1 saturated heterocycles. The molecule has 2 heterocycles. The number of benzene rings is 2. The average molecular weight is 447 g/mol. The Kier molecular flexibility index (Phi) is 5.81. The third kappa shape index (κ3) is 3.94. The lowest BCUT2D eigenvalue weighted by Gasteiger charge is -2.20. The van der Waals surface area contributed by atoms with Gasteiger partial charge in [0, 0.05) is 26.2 Å². The van der Waals surface area contributed by atoms with Crippen LogP contribution in [0.4, 0.5) is 5.69 Å². The molecule has 8 nitrogen and oxygen atoms in total. The molecule has 0 amide bonds. The zero-order valence-electron chi connectivity index (χ0n) is 16.5. The minimum absolute atomic E-state index is 0.0366. The molecule has 0 radical (unpaired) electrons. The second-order valence-corrected chi connectivity index (χ2v) is 10.2. The molecule has 158 valence electrons. The van der Waals surface area contributed by atoms with Crippen LogP contribution < -0.4 is 0 Å². The maximum atomic E-state index is 13.0. The van der Waals surface area contributed by atoms with Crippen molar-refractivity contribution in [1.82, 2.24) is 13.9 Å². The highest BCUT2D eigenvalue weighted by molar-refractivity contribution is 7.99. The molecule has 0 aliphatic carbocycles. The van der Waals surface area contributed by atoms with Gasteiger partial charge < -0.3 is 4.57 Å². The maximum Gasteiger partial charge on any atom is 0.284 e. The first-order valence-electron chi connectivity index (χ1n) is 9.76. The monoisotopic (exact) mass is 446 g/mol. The first-order valence-corrected chi connectivity index (χ1v) is 12.0. The number of hydrogen-bond acceptors (Lipinski definition) is 6. The number of hydrogen-bond donors (Lipinski definition) is 0. The Morgan fingerprint density at radius 2 is 1.77 bits per heavy atom. The van der Waals surface area contributed by atoms with Gasteiger partial charge in [-0.25, -0.2) is 13.4 Å². The Hall–Kier alpha value is -2.43. The van der Waals surface area contributed by atoms with Crippen LogP contribution in [0.1, 0.15) is 25.7 Å². The third-order valence-electron chi connectivity index (χ3n) is 5.28. The van der Waals surface area contributed by atoms with Crippen LogP contribution >= 0.6 is 11.8 Å². The van der Waals surface area contributed by atoms with Crippen molar-refractivity contribution in [2.24, 2.45) is 7.05 Å². The molecule has 1 aliphatic rings. The fourth-order valence-electron chi connectivity index (χ4n) is 3.63. The number of para-hydroxylation sites is 2. The summed E-state index contributed by atoms with van der Waals surface area (Å²) in [6, 6.07) is 11.7. The fourth-order valence-corrected chi connectivity index (χ4v) is 6.12. The van der Waals surface area contributed by atoms with Crippen molar-refractivity contribution in [2.75, 3.05) is 13.1 Å². The molecular weight excluding hydrogens is 424 g/mol. The lowest BCUT2D eigenvalue weighted by atomic mass is 10.2. The van der Waals surface area contributed by atoms with Gasteiger partial charge in [-0.3, -0.25) is 10.1 Å². The molecule has 0 bridgehead atoms. The van der Waals surface area contributed by atoms with Gasteiger partial charge in [-0.1, -0.05) is 25.0 Å². The number of nitro groups is 1. The average Bonchev–Trinajstić information content (AvgIpc) is 2.91. The minimum atomic E-state index is -3.76. The molecular formula is C20H22N4O4S2. The molecule has 1 aliphatic heterocycles. The molecule has 0 unspecified atom stereocenters. The van der Waals surface area contributed by atoms with Crippen molar-refractivity contribution < 1.29 is 13.3 Å². The van der Waals surface area contributed by atoms with Gasteiger partial charge in [0.05, 0.1) is 25.7 Å². The van der Waals surface area contributed by atoms with E-state index in [1.807, 2.05) is 35.9 Å². The van der Waals surface area contributed by atoms with Gasteiger partial charge in [-0.2, -0.15) is 4.31 Å². The van der Waals surface area contributed by atoms with E-state index in [0.717, 1.165) is 48.5 Å². The predicted molar refractivity (Wildman–Crippen MR) is 115 cm³/mol. The smallest absolute Gasteiger partial charge is 0.284 e. The number of nitro benzene ring substituents is 1. The highest BCUT2D eigenvalue weighted by Crippen LogP contribution is 2.37. The Labute approximate surface area is 179 Å². The SMILES string of the molecule is Cn1c(Sc2ccc(S(=O)(=O)N3CCCCCC3)cc2[N+](=O)[O-])nc2ccccc21. The molecule has 10 heteroatoms. The van der Waals surface area contributed by atoms with Crippen LogP contribution in [0.25, 0.3) is 11.0 Å². The van der Waals surface area contributed by atoms with Gasteiger partial charge in [-0.05, 0) is 48.9 Å². The number of sulfonamides is 1. The van der Waals surface area contributed by atoms with E-state index < -0.39 is 14.9 Å². The zero-order valence-corrected chi connectivity index (χ0v) is 18.2. The van der Waals surface area contributed by atoms with E-state index in [2.05, 4.69) is 4.98 Å². The van der Waals surface area contributed by atoms with Crippen molar-refractivity contribution >= 4 is 38.5 Å². The van der Waals surface area contributed by atoms with Crippen LogP contribution in [-0.4, -0.2) is 40.3 Å². The summed E-state index contributed by atoms with van der Waals surface area (Å²) in [4.78, 5) is 16.1. The van der Waals surface area contributed by atoms with Gasteiger partial charge in [0.1, 0.15) is 0 Å². The highest BCUT2D eigenvalue weighted by Gasteiger charge is 2.28. The van der Waals surface area contributed by atoms with Crippen LogP contribution in [0, 0.1) is 10.1 Å². The Bertz CT molecular complexity index is 1200. The topological polar surface area (TPSA) is 98.3 Å². The molecule has 30 heavy (non-hydrogen) atoms. The summed E-state index contributed by atoms with van der Waals surface area (Å²) in [6.45, 7) is 0.902. The van der Waals surface area contributed by atoms with Crippen LogP contribution in [0.15, 0.2) is 57.4 Å². The van der Waals surface area contributed by atoms with Gasteiger partial charge in [-0.15, -0.1) is 0 Å². The van der Waals surface area contributed by atoms with Gasteiger partial charge >= 0.3 is 0 Å². The van der Waals surface area contributed by atoms with E-state index in [1.165, 1.54) is 22.5 Å². The molecule has 0 saturated carbocycles. The Morgan fingerprint density at radius 3 is 2.43 bits per heavy atom. The van der Waals surface area contributed by atoms with Crippen LogP contribution in [0.2, 0.25) is 0 Å². The fraction of sp³-hybridized carbons (Fsp3) is 0.350. The summed E-state index contributed by atoms with van der Waals surface area (Å²) in [5.74, 6) is 0. The van der Waals surface area contributed by atoms with Gasteiger partial charge in [0.25, 0.3) is 5.69 Å². The summed E-state index contributed by atoms with van der Waals surface area (Å²) < 4.78 is 29.4. The normalized spacial score (nSPS) is 15.9. The number of aromatic nitrogens is 2. The lowest BCUT2D eigenvalue weighted by Crippen LogP contribution is -2.31. The summed E-state index contributed by atoms with van der Waals surface area (Å²) in [5.41, 5.74) is 1.48. The molecule has 1 fully saturated rings. The summed E-state index contributed by atoms with van der Waals surface area (Å²) in [7, 11) is -1.91. The number of aryl methyl sites for hydroxylation is 1. The Balaban J connectivity index is 1.70. The lowest BCUT2D eigenvalue weighted by molar-refractivity contribution is -0.388. The van der Waals surface area contributed by atoms with Gasteiger partial charge in [0.15, 0.2) is 5.16 Å². The third-order valence-corrected chi connectivity index (χ3v) is 8.28. The number of fused-ring (bicyclic) bond motifs is 1. The molecule has 0 N–H and O–H groups in total. The standard InChI is InChI=1S/C20H22N4O4S2/c1-22-17-9-5-4-8-16(17)21-20(22)29-19-11-10-15(14-18(19)24(25)26)30(27,28)23-12-6-2-3-7-13-23/h4-5,8-11,14H,2-3,6-7,12-13H2,1H3. The zero-order chi connectivity index (χ0) is 21.3. The second kappa shape index (κ2) is 8.37. The van der Waals surface area contributed by atoms with Crippen LogP contribution in [0.5, 0.6) is 0 Å². The van der Waals surface area contributed by atoms with Gasteiger partial charge in [0.2, 0.25) is 10.0 Å². The van der Waals surface area contributed by atoms with Crippen molar-refractivity contribution in [3.63, 3.8) is 0 Å². The molecule has 0 atom stereocenters. The predicted octanol–water partition coefficient (Wildman–Crippen LogP) is 4.20. The molecule has 3 aromatic rings. The van der Waals surface area contributed by atoms with E-state index in [0.29, 0.717) is 23.1 Å². The number of nitrogens with zero attached hydrogens (tertiary/aromatic N) is 4. The molecule has 0 spiro atoms. The first-order chi connectivity index (χ1) is 14.4. The summed E-state index contributed by atoms with van der Waals surface area (Å²) >= 11 is 1.15. The van der Waals surface area contributed by atoms with Crippen molar-refractivity contribution in [3.05, 3.63) is 52.6 Å². The van der Waals surface area contributed by atoms with E-state index in [-0.39, 0.29) is 10.6 Å². The van der Waals surface area contributed by atoms with Crippen molar-refractivity contribution in [1.29, 1.82) is 0 Å². The van der Waals surface area contributed by atoms with E-state index in [4.69, 9.17) is 0 Å². The van der Waals surface area contributed by atoms with E-state index >= 15 is 0 Å². The largest absolute Gasteiger partial charge is 0.322 e. The van der Waals surface area contributed by atoms with Crippen molar-refractivity contribution in [3.8, 4) is 0 Å². The van der Waals surface area contributed by atoms with Crippen LogP contribution in [0.3, 0.4) is 0 Å². The molecule has 4 rings (SSSR count). The molecule has 2 aromatic carbocycles. The summed E-state index contributed by atoms with van der Waals surface area (Å²) in [5, 5.41) is 12.3. The Morgan fingerprint density at radius 1 is 1.07 bits per heavy atom. The second-order valence-electron chi connectivity index (χ2n) is 7.25. The van der Waals surface area contributed by atoms with E-state index in [9.17, 15) is 18.5 Å².